The molecule has 2 heterocycles. The third-order valence-electron chi connectivity index (χ3n) is 2.02. The van der Waals surface area contributed by atoms with Gasteiger partial charge in [0, 0.05) is 6.54 Å². The first-order valence-corrected chi connectivity index (χ1v) is 5.97. The van der Waals surface area contributed by atoms with Crippen molar-refractivity contribution in [3.63, 3.8) is 0 Å². The zero-order chi connectivity index (χ0) is 10.5. The van der Waals surface area contributed by atoms with E-state index in [-0.39, 0.29) is 0 Å². The van der Waals surface area contributed by atoms with Gasteiger partial charge < -0.3 is 9.73 Å². The second-order valence-electron chi connectivity index (χ2n) is 3.30. The highest BCUT2D eigenvalue weighted by Gasteiger charge is 2.06. The number of nitrogens with one attached hydrogen (secondary N) is 1. The van der Waals surface area contributed by atoms with Gasteiger partial charge in [-0.3, -0.25) is 0 Å². The fraction of sp³-hybridized carbons (Fsp3) is 0.364. The average molecular weight is 222 g/mol. The minimum absolute atomic E-state index is 0.721. The summed E-state index contributed by atoms with van der Waals surface area (Å²) in [5, 5.41) is 5.31. The van der Waals surface area contributed by atoms with Crippen LogP contribution in [0.15, 0.2) is 28.2 Å². The summed E-state index contributed by atoms with van der Waals surface area (Å²) >= 11 is 1.64. The van der Waals surface area contributed by atoms with E-state index in [0.717, 1.165) is 36.0 Å². The zero-order valence-corrected chi connectivity index (χ0v) is 9.51. The Labute approximate surface area is 93.2 Å². The Morgan fingerprint density at radius 2 is 2.47 bits per heavy atom. The van der Waals surface area contributed by atoms with Crippen molar-refractivity contribution in [3.8, 4) is 10.8 Å². The van der Waals surface area contributed by atoms with E-state index in [1.807, 2.05) is 17.5 Å². The van der Waals surface area contributed by atoms with E-state index >= 15 is 0 Å². The summed E-state index contributed by atoms with van der Waals surface area (Å²) < 4.78 is 5.40. The first kappa shape index (κ1) is 10.4. The van der Waals surface area contributed by atoms with Gasteiger partial charge in [-0.2, -0.15) is 0 Å². The standard InChI is InChI=1S/C11H14N2OS/c1-2-5-12-7-9-8-14-11(13-9)10-4-3-6-15-10/h3-4,6,8,12H,2,5,7H2,1H3. The molecule has 15 heavy (non-hydrogen) atoms. The smallest absolute Gasteiger partial charge is 0.236 e. The molecule has 3 nitrogen and oxygen atoms in total. The fourth-order valence-electron chi connectivity index (χ4n) is 1.29. The highest BCUT2D eigenvalue weighted by Crippen LogP contribution is 2.23. The van der Waals surface area contributed by atoms with Crippen LogP contribution in [0.2, 0.25) is 0 Å². The van der Waals surface area contributed by atoms with Crippen molar-refractivity contribution in [1.29, 1.82) is 0 Å². The quantitative estimate of drug-likeness (QED) is 0.790. The molecule has 0 atom stereocenters. The lowest BCUT2D eigenvalue weighted by Gasteiger charge is -1.96. The van der Waals surface area contributed by atoms with E-state index in [2.05, 4.69) is 17.2 Å². The summed E-state index contributed by atoms with van der Waals surface area (Å²) in [6, 6.07) is 4.01. The Bertz CT molecular complexity index is 394. The summed E-state index contributed by atoms with van der Waals surface area (Å²) in [6.07, 6.45) is 2.85. The van der Waals surface area contributed by atoms with E-state index in [1.165, 1.54) is 0 Å². The second-order valence-corrected chi connectivity index (χ2v) is 4.25. The lowest BCUT2D eigenvalue weighted by molar-refractivity contribution is 0.571. The molecule has 0 spiro atoms. The van der Waals surface area contributed by atoms with E-state index in [1.54, 1.807) is 17.6 Å². The van der Waals surface area contributed by atoms with Crippen LogP contribution in [0.1, 0.15) is 19.0 Å². The molecule has 2 aromatic heterocycles. The molecule has 0 aliphatic carbocycles. The molecule has 0 fully saturated rings. The fourth-order valence-corrected chi connectivity index (χ4v) is 1.95. The first-order chi connectivity index (χ1) is 7.40. The van der Waals surface area contributed by atoms with Crippen molar-refractivity contribution in [1.82, 2.24) is 10.3 Å². The van der Waals surface area contributed by atoms with Crippen molar-refractivity contribution in [2.45, 2.75) is 19.9 Å². The second kappa shape index (κ2) is 5.09. The van der Waals surface area contributed by atoms with Crippen LogP contribution in [0, 0.1) is 0 Å². The van der Waals surface area contributed by atoms with Gasteiger partial charge in [0.15, 0.2) is 0 Å². The number of oxazole rings is 1. The van der Waals surface area contributed by atoms with Crippen LogP contribution >= 0.6 is 11.3 Å². The SMILES string of the molecule is CCCNCc1coc(-c2cccs2)n1. The summed E-state index contributed by atoms with van der Waals surface area (Å²) in [5.41, 5.74) is 0.965. The van der Waals surface area contributed by atoms with Crippen molar-refractivity contribution >= 4 is 11.3 Å². The molecular weight excluding hydrogens is 208 g/mol. The van der Waals surface area contributed by atoms with Crippen molar-refractivity contribution in [2.75, 3.05) is 6.54 Å². The molecule has 4 heteroatoms. The molecule has 80 valence electrons. The molecule has 2 rings (SSSR count). The highest BCUT2D eigenvalue weighted by molar-refractivity contribution is 7.13. The number of hydrogen-bond donors (Lipinski definition) is 1. The van der Waals surface area contributed by atoms with Gasteiger partial charge in [0.05, 0.1) is 10.6 Å². The molecule has 0 aliphatic rings. The largest absolute Gasteiger partial charge is 0.444 e. The summed E-state index contributed by atoms with van der Waals surface area (Å²) in [4.78, 5) is 5.49. The van der Waals surface area contributed by atoms with Gasteiger partial charge in [0.1, 0.15) is 6.26 Å². The summed E-state index contributed by atoms with van der Waals surface area (Å²) in [6.45, 7) is 3.94. The van der Waals surface area contributed by atoms with Gasteiger partial charge in [-0.05, 0) is 24.4 Å². The number of hydrogen-bond acceptors (Lipinski definition) is 4. The van der Waals surface area contributed by atoms with Gasteiger partial charge in [0.2, 0.25) is 5.89 Å². The van der Waals surface area contributed by atoms with Crippen LogP contribution in [0.25, 0.3) is 10.8 Å². The van der Waals surface area contributed by atoms with Crippen molar-refractivity contribution in [3.05, 3.63) is 29.5 Å². The molecule has 0 amide bonds. The molecule has 2 aromatic rings. The molecular formula is C11H14N2OS. The molecule has 1 N–H and O–H groups in total. The normalized spacial score (nSPS) is 10.7. The average Bonchev–Trinajstić information content (AvgIpc) is 2.87. The minimum atomic E-state index is 0.721. The lowest BCUT2D eigenvalue weighted by Crippen LogP contribution is -2.13. The number of nitrogens with zero attached hydrogens (tertiary/aromatic N) is 1. The predicted molar refractivity (Wildman–Crippen MR) is 61.8 cm³/mol. The number of thiophene rings is 1. The Morgan fingerprint density at radius 3 is 3.20 bits per heavy atom. The Kier molecular flexibility index (Phi) is 3.53. The van der Waals surface area contributed by atoms with Gasteiger partial charge in [-0.1, -0.05) is 13.0 Å². The minimum Gasteiger partial charge on any atom is -0.444 e. The molecule has 0 unspecified atom stereocenters. The first-order valence-electron chi connectivity index (χ1n) is 5.09. The van der Waals surface area contributed by atoms with Gasteiger partial charge in [0.25, 0.3) is 0 Å². The Balaban J connectivity index is 1.98. The summed E-state index contributed by atoms with van der Waals surface area (Å²) in [5.74, 6) is 0.721. The maximum atomic E-state index is 5.40. The van der Waals surface area contributed by atoms with Gasteiger partial charge in [-0.15, -0.1) is 11.3 Å². The van der Waals surface area contributed by atoms with E-state index in [4.69, 9.17) is 4.42 Å². The van der Waals surface area contributed by atoms with Crippen LogP contribution in [0.3, 0.4) is 0 Å². The molecule has 0 saturated carbocycles. The molecule has 0 aliphatic heterocycles. The molecule has 0 radical (unpaired) electrons. The Morgan fingerprint density at radius 1 is 1.53 bits per heavy atom. The van der Waals surface area contributed by atoms with Crippen LogP contribution in [0.5, 0.6) is 0 Å². The number of aromatic nitrogens is 1. The molecule has 0 aromatic carbocycles. The van der Waals surface area contributed by atoms with Crippen LogP contribution in [-0.2, 0) is 6.54 Å². The summed E-state index contributed by atoms with van der Waals surface area (Å²) in [7, 11) is 0. The van der Waals surface area contributed by atoms with E-state index in [0.29, 0.717) is 0 Å². The van der Waals surface area contributed by atoms with Crippen LogP contribution < -0.4 is 5.32 Å². The van der Waals surface area contributed by atoms with Gasteiger partial charge >= 0.3 is 0 Å². The monoisotopic (exact) mass is 222 g/mol. The maximum Gasteiger partial charge on any atom is 0.236 e. The van der Waals surface area contributed by atoms with E-state index in [9.17, 15) is 0 Å². The molecule has 0 bridgehead atoms. The third kappa shape index (κ3) is 2.67. The van der Waals surface area contributed by atoms with Crippen molar-refractivity contribution < 1.29 is 4.42 Å². The van der Waals surface area contributed by atoms with E-state index < -0.39 is 0 Å². The maximum absolute atomic E-state index is 5.40. The van der Waals surface area contributed by atoms with Crippen LogP contribution in [-0.4, -0.2) is 11.5 Å². The Hall–Kier alpha value is -1.13. The van der Waals surface area contributed by atoms with Crippen LogP contribution in [0.4, 0.5) is 0 Å². The predicted octanol–water partition coefficient (Wildman–Crippen LogP) is 2.90. The van der Waals surface area contributed by atoms with Gasteiger partial charge in [-0.25, -0.2) is 4.98 Å². The zero-order valence-electron chi connectivity index (χ0n) is 8.69. The topological polar surface area (TPSA) is 38.1 Å². The number of rotatable bonds is 5. The highest BCUT2D eigenvalue weighted by atomic mass is 32.1. The van der Waals surface area contributed by atoms with Crippen molar-refractivity contribution in [2.24, 2.45) is 0 Å². The molecule has 0 saturated heterocycles. The third-order valence-corrected chi connectivity index (χ3v) is 2.87. The lowest BCUT2D eigenvalue weighted by atomic mass is 10.4.